The summed E-state index contributed by atoms with van der Waals surface area (Å²) in [6.07, 6.45) is 0.398. The number of ether oxygens (including phenoxy) is 3. The van der Waals surface area contributed by atoms with Gasteiger partial charge < -0.3 is 24.6 Å². The van der Waals surface area contributed by atoms with Crippen LogP contribution in [-0.4, -0.2) is 36.4 Å². The highest BCUT2D eigenvalue weighted by atomic mass is 16.6. The number of para-hydroxylation sites is 1. The Morgan fingerprint density at radius 2 is 1.70 bits per heavy atom. The zero-order valence-corrected chi connectivity index (χ0v) is 15.3. The van der Waals surface area contributed by atoms with E-state index in [4.69, 9.17) is 14.2 Å². The van der Waals surface area contributed by atoms with E-state index in [2.05, 4.69) is 15.3 Å². The van der Waals surface area contributed by atoms with Crippen LogP contribution in [0.15, 0.2) is 54.9 Å². The summed E-state index contributed by atoms with van der Waals surface area (Å²) < 4.78 is 15.7. The van der Waals surface area contributed by atoms with Gasteiger partial charge in [0.25, 0.3) is 0 Å². The van der Waals surface area contributed by atoms with Gasteiger partial charge in [-0.3, -0.25) is 0 Å². The lowest BCUT2D eigenvalue weighted by Gasteiger charge is -2.15. The van der Waals surface area contributed by atoms with Crippen LogP contribution in [0.2, 0.25) is 0 Å². The van der Waals surface area contributed by atoms with Gasteiger partial charge in [-0.1, -0.05) is 12.1 Å². The van der Waals surface area contributed by atoms with Crippen molar-refractivity contribution in [3.63, 3.8) is 0 Å². The van der Waals surface area contributed by atoms with E-state index in [9.17, 15) is 5.11 Å². The Morgan fingerprint density at radius 1 is 0.926 bits per heavy atom. The maximum atomic E-state index is 10.0. The van der Waals surface area contributed by atoms with E-state index in [1.165, 1.54) is 20.5 Å². The second-order valence-corrected chi connectivity index (χ2v) is 5.66. The topological polar surface area (TPSA) is 85.7 Å². The molecule has 0 radical (unpaired) electrons. The summed E-state index contributed by atoms with van der Waals surface area (Å²) in [6, 6.07) is 14.8. The van der Waals surface area contributed by atoms with Gasteiger partial charge >= 0.3 is 0 Å². The molecule has 0 fully saturated rings. The van der Waals surface area contributed by atoms with Gasteiger partial charge in [-0.2, -0.15) is 0 Å². The van der Waals surface area contributed by atoms with Gasteiger partial charge in [0.15, 0.2) is 6.29 Å². The molecule has 0 aliphatic carbocycles. The number of anilines is 2. The number of benzene rings is 2. The zero-order chi connectivity index (χ0) is 19.2. The van der Waals surface area contributed by atoms with Crippen LogP contribution in [0.3, 0.4) is 0 Å². The molecule has 3 aromatic rings. The lowest BCUT2D eigenvalue weighted by Crippen LogP contribution is -2.04. The fourth-order valence-electron chi connectivity index (χ4n) is 2.71. The summed E-state index contributed by atoms with van der Waals surface area (Å²) in [6.45, 7) is 0. The Hall–Kier alpha value is -3.16. The van der Waals surface area contributed by atoms with Crippen LogP contribution in [-0.2, 0) is 4.74 Å². The highest BCUT2D eigenvalue weighted by Gasteiger charge is 2.14. The van der Waals surface area contributed by atoms with Crippen molar-refractivity contribution in [3.8, 4) is 22.8 Å². The molecule has 7 heteroatoms. The molecule has 0 saturated carbocycles. The summed E-state index contributed by atoms with van der Waals surface area (Å²) in [4.78, 5) is 8.60. The standard InChI is InChI=1S/C20H21N3O4/c1-25-17-7-5-4-6-14(17)16-11-19(22-12-21-16)23-13-8-9-18(26-2)15(10-13)20(24)27-3/h4-12,20,24H,1-3H3,(H,21,22,23). The highest BCUT2D eigenvalue weighted by molar-refractivity contribution is 5.70. The van der Waals surface area contributed by atoms with Crippen molar-refractivity contribution < 1.29 is 19.3 Å². The Bertz CT molecular complexity index is 917. The molecule has 0 bridgehead atoms. The van der Waals surface area contributed by atoms with Crippen LogP contribution in [0.5, 0.6) is 11.5 Å². The lowest BCUT2D eigenvalue weighted by molar-refractivity contribution is -0.0780. The van der Waals surface area contributed by atoms with Crippen molar-refractivity contribution in [2.75, 3.05) is 26.6 Å². The quantitative estimate of drug-likeness (QED) is 0.618. The molecule has 0 spiro atoms. The Morgan fingerprint density at radius 3 is 2.44 bits per heavy atom. The molecule has 27 heavy (non-hydrogen) atoms. The SMILES string of the molecule is COc1ccccc1-c1cc(Nc2ccc(OC)c(C(O)OC)c2)ncn1. The third-order valence-corrected chi connectivity index (χ3v) is 4.04. The molecule has 2 aromatic carbocycles. The van der Waals surface area contributed by atoms with Crippen LogP contribution in [0.4, 0.5) is 11.5 Å². The molecule has 2 N–H and O–H groups in total. The second-order valence-electron chi connectivity index (χ2n) is 5.66. The molecule has 0 aliphatic heterocycles. The summed E-state index contributed by atoms with van der Waals surface area (Å²) in [5, 5.41) is 13.2. The van der Waals surface area contributed by atoms with E-state index < -0.39 is 6.29 Å². The number of methoxy groups -OCH3 is 3. The summed E-state index contributed by atoms with van der Waals surface area (Å²) in [5.41, 5.74) is 2.85. The number of rotatable bonds is 7. The number of hydrogen-bond donors (Lipinski definition) is 2. The molecule has 1 unspecified atom stereocenters. The molecule has 7 nitrogen and oxygen atoms in total. The van der Waals surface area contributed by atoms with Crippen LogP contribution in [0.1, 0.15) is 11.9 Å². The van der Waals surface area contributed by atoms with Crippen LogP contribution >= 0.6 is 0 Å². The first-order valence-electron chi connectivity index (χ1n) is 8.27. The van der Waals surface area contributed by atoms with E-state index in [-0.39, 0.29) is 0 Å². The van der Waals surface area contributed by atoms with Crippen molar-refractivity contribution in [3.05, 3.63) is 60.4 Å². The number of aliphatic hydroxyl groups is 1. The van der Waals surface area contributed by atoms with Gasteiger partial charge in [0.05, 0.1) is 25.5 Å². The Kier molecular flexibility index (Phi) is 5.85. The molecule has 0 amide bonds. The Labute approximate surface area is 157 Å². The van der Waals surface area contributed by atoms with Gasteiger partial charge in [0.1, 0.15) is 23.6 Å². The minimum Gasteiger partial charge on any atom is -0.496 e. The van der Waals surface area contributed by atoms with Gasteiger partial charge in [-0.15, -0.1) is 0 Å². The van der Waals surface area contributed by atoms with Crippen molar-refractivity contribution in [2.45, 2.75) is 6.29 Å². The van der Waals surface area contributed by atoms with Gasteiger partial charge in [-0.05, 0) is 30.3 Å². The largest absolute Gasteiger partial charge is 0.496 e. The van der Waals surface area contributed by atoms with Gasteiger partial charge in [-0.25, -0.2) is 9.97 Å². The minimum absolute atomic E-state index is 0.518. The zero-order valence-electron chi connectivity index (χ0n) is 15.3. The Balaban J connectivity index is 1.91. The molecule has 140 valence electrons. The smallest absolute Gasteiger partial charge is 0.184 e. The first kappa shape index (κ1) is 18.6. The molecule has 0 saturated heterocycles. The van der Waals surface area contributed by atoms with Crippen LogP contribution in [0, 0.1) is 0 Å². The van der Waals surface area contributed by atoms with E-state index in [1.807, 2.05) is 36.4 Å². The van der Waals surface area contributed by atoms with E-state index in [1.54, 1.807) is 19.2 Å². The predicted molar refractivity (Wildman–Crippen MR) is 102 cm³/mol. The fourth-order valence-corrected chi connectivity index (χ4v) is 2.71. The van der Waals surface area contributed by atoms with E-state index >= 15 is 0 Å². The number of nitrogens with one attached hydrogen (secondary N) is 1. The molecule has 3 rings (SSSR count). The minimum atomic E-state index is -1.09. The van der Waals surface area contributed by atoms with Gasteiger partial charge in [0, 0.05) is 24.4 Å². The van der Waals surface area contributed by atoms with Crippen LogP contribution < -0.4 is 14.8 Å². The average Bonchev–Trinajstić information content (AvgIpc) is 2.73. The molecule has 1 heterocycles. The van der Waals surface area contributed by atoms with Crippen molar-refractivity contribution in [2.24, 2.45) is 0 Å². The summed E-state index contributed by atoms with van der Waals surface area (Å²) >= 11 is 0. The number of hydrogen-bond acceptors (Lipinski definition) is 7. The highest BCUT2D eigenvalue weighted by Crippen LogP contribution is 2.31. The molecule has 1 aromatic heterocycles. The predicted octanol–water partition coefficient (Wildman–Crippen LogP) is 3.54. The fraction of sp³-hybridized carbons (Fsp3) is 0.200. The van der Waals surface area contributed by atoms with Crippen LogP contribution in [0.25, 0.3) is 11.3 Å². The summed E-state index contributed by atoms with van der Waals surface area (Å²) in [5.74, 6) is 1.87. The van der Waals surface area contributed by atoms with E-state index in [0.29, 0.717) is 17.1 Å². The number of nitrogens with zero attached hydrogens (tertiary/aromatic N) is 2. The number of aromatic nitrogens is 2. The monoisotopic (exact) mass is 367 g/mol. The normalized spacial score (nSPS) is 11.7. The second kappa shape index (κ2) is 8.48. The number of aliphatic hydroxyl groups excluding tert-OH is 1. The van der Waals surface area contributed by atoms with Crippen molar-refractivity contribution >= 4 is 11.5 Å². The molecule has 1 atom stereocenters. The third kappa shape index (κ3) is 4.16. The van der Waals surface area contributed by atoms with Gasteiger partial charge in [0.2, 0.25) is 0 Å². The lowest BCUT2D eigenvalue weighted by atomic mass is 10.1. The summed E-state index contributed by atoms with van der Waals surface area (Å²) in [7, 11) is 4.59. The first-order chi connectivity index (χ1) is 13.2. The van der Waals surface area contributed by atoms with Crippen molar-refractivity contribution in [1.82, 2.24) is 9.97 Å². The third-order valence-electron chi connectivity index (χ3n) is 4.04. The molecule has 0 aliphatic rings. The van der Waals surface area contributed by atoms with E-state index in [0.717, 1.165) is 22.7 Å². The maximum absolute atomic E-state index is 10.0. The molecular formula is C20H21N3O4. The average molecular weight is 367 g/mol. The van der Waals surface area contributed by atoms with Crippen molar-refractivity contribution in [1.29, 1.82) is 0 Å². The maximum Gasteiger partial charge on any atom is 0.184 e. The first-order valence-corrected chi connectivity index (χ1v) is 8.27. The molecular weight excluding hydrogens is 346 g/mol.